The van der Waals surface area contributed by atoms with Gasteiger partial charge in [0.25, 0.3) is 0 Å². The van der Waals surface area contributed by atoms with Crippen LogP contribution in [0.4, 0.5) is 23.0 Å². The van der Waals surface area contributed by atoms with Gasteiger partial charge in [-0.1, -0.05) is 18.2 Å². The quantitative estimate of drug-likeness (QED) is 0.428. The molecule has 1 saturated heterocycles. The number of ether oxygens (including phenoxy) is 1. The van der Waals surface area contributed by atoms with Crippen molar-refractivity contribution in [2.24, 2.45) is 0 Å². The molecule has 1 aromatic carbocycles. The number of rotatable bonds is 8. The van der Waals surface area contributed by atoms with Crippen LogP contribution in [0.5, 0.6) is 0 Å². The normalized spacial score (nSPS) is 14.7. The Kier molecular flexibility index (Phi) is 6.50. The van der Waals surface area contributed by atoms with Crippen LogP contribution in [0.2, 0.25) is 0 Å². The van der Waals surface area contributed by atoms with E-state index >= 15 is 0 Å². The number of morpholine rings is 1. The molecule has 0 bridgehead atoms. The number of nitrogens with one attached hydrogen (secondary N) is 1. The lowest BCUT2D eigenvalue weighted by molar-refractivity contribution is -0.383. The maximum atomic E-state index is 11.7. The van der Waals surface area contributed by atoms with Crippen molar-refractivity contribution >= 4 is 23.0 Å². The maximum absolute atomic E-state index is 11.7. The van der Waals surface area contributed by atoms with Crippen LogP contribution in [0.25, 0.3) is 0 Å². The standard InChI is InChI=1S/C18H24N6O3/c1-22(15-6-3-2-4-7-15)18-16(24(25)26)17(20-14-21-18)19-8-5-9-23-10-12-27-13-11-23/h2-4,6-7,14H,5,8-13H2,1H3,(H,19,20,21). The second-order valence-electron chi connectivity index (χ2n) is 6.28. The van der Waals surface area contributed by atoms with Crippen molar-refractivity contribution in [3.05, 3.63) is 46.8 Å². The summed E-state index contributed by atoms with van der Waals surface area (Å²) < 4.78 is 5.34. The largest absolute Gasteiger partial charge is 0.379 e. The van der Waals surface area contributed by atoms with E-state index in [0.717, 1.165) is 45.0 Å². The lowest BCUT2D eigenvalue weighted by Crippen LogP contribution is -2.37. The van der Waals surface area contributed by atoms with Gasteiger partial charge in [0.2, 0.25) is 11.6 Å². The van der Waals surface area contributed by atoms with E-state index in [2.05, 4.69) is 20.2 Å². The summed E-state index contributed by atoms with van der Waals surface area (Å²) in [5.41, 5.74) is 0.702. The number of hydrogen-bond acceptors (Lipinski definition) is 8. The minimum Gasteiger partial charge on any atom is -0.379 e. The first kappa shape index (κ1) is 19.0. The Morgan fingerprint density at radius 3 is 2.70 bits per heavy atom. The summed E-state index contributed by atoms with van der Waals surface area (Å²) in [6.45, 7) is 4.91. The van der Waals surface area contributed by atoms with Crippen LogP contribution in [0, 0.1) is 10.1 Å². The molecule has 0 spiro atoms. The van der Waals surface area contributed by atoms with E-state index in [1.807, 2.05) is 30.3 Å². The summed E-state index contributed by atoms with van der Waals surface area (Å²) >= 11 is 0. The van der Waals surface area contributed by atoms with Gasteiger partial charge in [-0.25, -0.2) is 9.97 Å². The molecule has 27 heavy (non-hydrogen) atoms. The van der Waals surface area contributed by atoms with Crippen LogP contribution >= 0.6 is 0 Å². The molecule has 1 aliphatic rings. The summed E-state index contributed by atoms with van der Waals surface area (Å²) in [6, 6.07) is 9.41. The molecular weight excluding hydrogens is 348 g/mol. The highest BCUT2D eigenvalue weighted by molar-refractivity contribution is 5.75. The SMILES string of the molecule is CN(c1ccccc1)c1ncnc(NCCCN2CCOCC2)c1[N+](=O)[O-]. The fourth-order valence-electron chi connectivity index (χ4n) is 3.02. The highest BCUT2D eigenvalue weighted by Crippen LogP contribution is 2.34. The van der Waals surface area contributed by atoms with Gasteiger partial charge in [0.15, 0.2) is 0 Å². The predicted molar refractivity (Wildman–Crippen MR) is 104 cm³/mol. The van der Waals surface area contributed by atoms with Crippen LogP contribution in [-0.4, -0.2) is 66.2 Å². The van der Waals surface area contributed by atoms with Gasteiger partial charge in [-0.3, -0.25) is 15.0 Å². The van der Waals surface area contributed by atoms with E-state index in [0.29, 0.717) is 6.54 Å². The van der Waals surface area contributed by atoms with Crippen molar-refractivity contribution in [2.45, 2.75) is 6.42 Å². The number of para-hydroxylation sites is 1. The molecule has 0 aliphatic carbocycles. The molecule has 1 N–H and O–H groups in total. The average Bonchev–Trinajstić information content (AvgIpc) is 2.71. The van der Waals surface area contributed by atoms with Crippen molar-refractivity contribution in [2.75, 3.05) is 56.7 Å². The van der Waals surface area contributed by atoms with Gasteiger partial charge < -0.3 is 15.0 Å². The summed E-state index contributed by atoms with van der Waals surface area (Å²) in [5, 5.41) is 14.8. The minimum absolute atomic E-state index is 0.116. The topological polar surface area (TPSA) is 96.7 Å². The lowest BCUT2D eigenvalue weighted by Gasteiger charge is -2.26. The predicted octanol–water partition coefficient (Wildman–Crippen LogP) is 2.29. The first-order valence-corrected chi connectivity index (χ1v) is 8.99. The molecule has 9 heteroatoms. The molecule has 0 radical (unpaired) electrons. The van der Waals surface area contributed by atoms with Gasteiger partial charge in [0.05, 0.1) is 18.1 Å². The molecule has 3 rings (SSSR count). The van der Waals surface area contributed by atoms with Gasteiger partial charge in [0.1, 0.15) is 6.33 Å². The second kappa shape index (κ2) is 9.24. The molecule has 9 nitrogen and oxygen atoms in total. The van der Waals surface area contributed by atoms with Gasteiger partial charge in [-0.05, 0) is 25.1 Å². The first-order valence-electron chi connectivity index (χ1n) is 8.99. The summed E-state index contributed by atoms with van der Waals surface area (Å²) in [6.07, 6.45) is 2.22. The molecule has 2 heterocycles. The molecule has 0 unspecified atom stereocenters. The molecule has 2 aromatic rings. The van der Waals surface area contributed by atoms with Crippen LogP contribution in [0.15, 0.2) is 36.7 Å². The fourth-order valence-corrected chi connectivity index (χ4v) is 3.02. The number of anilines is 3. The van der Waals surface area contributed by atoms with Gasteiger partial charge in [-0.2, -0.15) is 0 Å². The van der Waals surface area contributed by atoms with Crippen molar-refractivity contribution in [3.8, 4) is 0 Å². The van der Waals surface area contributed by atoms with Crippen molar-refractivity contribution < 1.29 is 9.66 Å². The molecule has 1 aromatic heterocycles. The zero-order valence-electron chi connectivity index (χ0n) is 15.4. The fraction of sp³-hybridized carbons (Fsp3) is 0.444. The van der Waals surface area contributed by atoms with E-state index in [9.17, 15) is 10.1 Å². The number of nitrogens with zero attached hydrogens (tertiary/aromatic N) is 5. The first-order chi connectivity index (χ1) is 13.2. The molecular formula is C18H24N6O3. The number of benzene rings is 1. The third-order valence-electron chi connectivity index (χ3n) is 4.49. The Hall–Kier alpha value is -2.78. The van der Waals surface area contributed by atoms with E-state index in [4.69, 9.17) is 4.74 Å². The Bertz CT molecular complexity index is 752. The smallest absolute Gasteiger partial charge is 0.353 e. The van der Waals surface area contributed by atoms with Crippen molar-refractivity contribution in [1.82, 2.24) is 14.9 Å². The average molecular weight is 372 g/mol. The molecule has 0 atom stereocenters. The van der Waals surface area contributed by atoms with E-state index in [1.165, 1.54) is 6.33 Å². The molecule has 0 amide bonds. The third-order valence-corrected chi connectivity index (χ3v) is 4.49. The van der Waals surface area contributed by atoms with E-state index in [-0.39, 0.29) is 17.3 Å². The maximum Gasteiger partial charge on any atom is 0.353 e. The highest BCUT2D eigenvalue weighted by Gasteiger charge is 2.26. The van der Waals surface area contributed by atoms with Gasteiger partial charge in [-0.15, -0.1) is 0 Å². The number of aromatic nitrogens is 2. The van der Waals surface area contributed by atoms with Crippen molar-refractivity contribution in [3.63, 3.8) is 0 Å². The minimum atomic E-state index is -0.431. The highest BCUT2D eigenvalue weighted by atomic mass is 16.6. The van der Waals surface area contributed by atoms with Crippen LogP contribution in [0.1, 0.15) is 6.42 Å². The molecule has 0 saturated carbocycles. The Labute approximate surface area is 158 Å². The third kappa shape index (κ3) is 4.89. The number of hydrogen-bond donors (Lipinski definition) is 1. The molecule has 1 fully saturated rings. The summed E-state index contributed by atoms with van der Waals surface area (Å²) in [4.78, 5) is 23.5. The lowest BCUT2D eigenvalue weighted by atomic mass is 10.3. The van der Waals surface area contributed by atoms with E-state index < -0.39 is 4.92 Å². The van der Waals surface area contributed by atoms with Gasteiger partial charge in [0, 0.05) is 32.4 Å². The van der Waals surface area contributed by atoms with Gasteiger partial charge >= 0.3 is 5.69 Å². The number of nitro groups is 1. The zero-order chi connectivity index (χ0) is 19.1. The summed E-state index contributed by atoms with van der Waals surface area (Å²) in [5.74, 6) is 0.506. The monoisotopic (exact) mass is 372 g/mol. The van der Waals surface area contributed by atoms with E-state index in [1.54, 1.807) is 11.9 Å². The Morgan fingerprint density at radius 2 is 2.00 bits per heavy atom. The van der Waals surface area contributed by atoms with Crippen LogP contribution in [-0.2, 0) is 4.74 Å². The Balaban J connectivity index is 1.68. The van der Waals surface area contributed by atoms with Crippen LogP contribution in [0.3, 0.4) is 0 Å². The van der Waals surface area contributed by atoms with Crippen LogP contribution < -0.4 is 10.2 Å². The Morgan fingerprint density at radius 1 is 1.26 bits per heavy atom. The second-order valence-corrected chi connectivity index (χ2v) is 6.28. The van der Waals surface area contributed by atoms with Crippen molar-refractivity contribution in [1.29, 1.82) is 0 Å². The summed E-state index contributed by atoms with van der Waals surface area (Å²) in [7, 11) is 1.76. The molecule has 1 aliphatic heterocycles. The molecule has 144 valence electrons. The zero-order valence-corrected chi connectivity index (χ0v) is 15.4.